The van der Waals surface area contributed by atoms with Crippen molar-refractivity contribution in [2.75, 3.05) is 6.61 Å². The summed E-state index contributed by atoms with van der Waals surface area (Å²) >= 11 is 13.4. The zero-order valence-electron chi connectivity index (χ0n) is 27.4. The first-order valence-corrected chi connectivity index (χ1v) is 16.5. The molecule has 1 amide bonds. The molecule has 1 atom stereocenters. The van der Waals surface area contributed by atoms with Crippen LogP contribution in [-0.4, -0.2) is 48.9 Å². The minimum Gasteiger partial charge on any atom is -0.494 e. The molecule has 5 aromatic rings. The number of carboxylic acids is 1. The second kappa shape index (κ2) is 12.7. The lowest BCUT2D eigenvalue weighted by Crippen LogP contribution is -2.46. The monoisotopic (exact) mass is 672 g/mol. The van der Waals surface area contributed by atoms with E-state index in [1.54, 1.807) is 24.3 Å². The van der Waals surface area contributed by atoms with Gasteiger partial charge in [0.2, 0.25) is 0 Å². The summed E-state index contributed by atoms with van der Waals surface area (Å²) in [6.07, 6.45) is 1.31. The molecule has 0 spiro atoms. The van der Waals surface area contributed by atoms with Gasteiger partial charge in [-0.15, -0.1) is 0 Å². The molecule has 3 heterocycles. The van der Waals surface area contributed by atoms with E-state index in [0.29, 0.717) is 43.3 Å². The zero-order valence-corrected chi connectivity index (χ0v) is 29.0. The molecule has 0 saturated heterocycles. The van der Waals surface area contributed by atoms with Crippen LogP contribution >= 0.6 is 23.2 Å². The summed E-state index contributed by atoms with van der Waals surface area (Å²) in [5.74, 6) is -0.273. The van der Waals surface area contributed by atoms with Crippen LogP contribution in [0.4, 0.5) is 0 Å². The minimum absolute atomic E-state index is 0.0659. The van der Waals surface area contributed by atoms with E-state index in [4.69, 9.17) is 27.9 Å². The van der Waals surface area contributed by atoms with E-state index in [-0.39, 0.29) is 17.5 Å². The van der Waals surface area contributed by atoms with Crippen molar-refractivity contribution in [3.8, 4) is 16.9 Å². The highest BCUT2D eigenvalue weighted by atomic mass is 35.5. The van der Waals surface area contributed by atoms with Gasteiger partial charge in [-0.3, -0.25) is 9.48 Å². The predicted octanol–water partition coefficient (Wildman–Crippen LogP) is 8.34. The number of aromatic nitrogens is 3. The van der Waals surface area contributed by atoms with Gasteiger partial charge >= 0.3 is 5.97 Å². The maximum atomic E-state index is 14.5. The summed E-state index contributed by atoms with van der Waals surface area (Å²) in [5, 5.41) is 16.4. The molecule has 244 valence electrons. The fourth-order valence-electron chi connectivity index (χ4n) is 6.85. The molecule has 1 aliphatic heterocycles. The summed E-state index contributed by atoms with van der Waals surface area (Å²) < 4.78 is 10.2. The number of benzene rings is 3. The predicted molar refractivity (Wildman–Crippen MR) is 186 cm³/mol. The van der Waals surface area contributed by atoms with Crippen LogP contribution in [-0.2, 0) is 26.6 Å². The van der Waals surface area contributed by atoms with Gasteiger partial charge in [-0.1, -0.05) is 41.4 Å². The van der Waals surface area contributed by atoms with E-state index >= 15 is 0 Å². The van der Waals surface area contributed by atoms with Crippen molar-refractivity contribution in [2.24, 2.45) is 7.05 Å². The Balaban J connectivity index is 1.42. The molecule has 8 nitrogen and oxygen atoms in total. The third-order valence-corrected chi connectivity index (χ3v) is 10.2. The lowest BCUT2D eigenvalue weighted by Gasteiger charge is -2.35. The largest absolute Gasteiger partial charge is 0.494 e. The number of aromatic carboxylic acids is 1. The Kier molecular flexibility index (Phi) is 8.85. The van der Waals surface area contributed by atoms with Crippen LogP contribution in [0.25, 0.3) is 22.0 Å². The van der Waals surface area contributed by atoms with Gasteiger partial charge in [0.15, 0.2) is 0 Å². The van der Waals surface area contributed by atoms with Crippen LogP contribution in [0.2, 0.25) is 10.0 Å². The Labute approximate surface area is 284 Å². The van der Waals surface area contributed by atoms with Gasteiger partial charge in [-0.2, -0.15) is 5.10 Å². The number of halogens is 2. The molecule has 0 bridgehead atoms. The van der Waals surface area contributed by atoms with Gasteiger partial charge in [-0.05, 0) is 100 Å². The number of hydrogen-bond donors (Lipinski definition) is 1. The van der Waals surface area contributed by atoms with Crippen molar-refractivity contribution in [1.29, 1.82) is 0 Å². The van der Waals surface area contributed by atoms with Gasteiger partial charge in [0, 0.05) is 53.4 Å². The average Bonchev–Trinajstić information content (AvgIpc) is 3.47. The van der Waals surface area contributed by atoms with Gasteiger partial charge in [0.25, 0.3) is 5.91 Å². The lowest BCUT2D eigenvalue weighted by atomic mass is 9.98. The first kappa shape index (κ1) is 32.7. The molecule has 2 aromatic heterocycles. The van der Waals surface area contributed by atoms with Crippen molar-refractivity contribution in [2.45, 2.75) is 66.6 Å². The molecule has 3 aromatic carbocycles. The second-order valence-corrected chi connectivity index (χ2v) is 13.3. The highest BCUT2D eigenvalue weighted by Crippen LogP contribution is 2.43. The maximum absolute atomic E-state index is 14.5. The summed E-state index contributed by atoms with van der Waals surface area (Å²) in [6.45, 7) is 11.4. The number of carboxylic acid groups (broad SMARTS) is 1. The maximum Gasteiger partial charge on any atom is 0.335 e. The Hall–Kier alpha value is -4.27. The fraction of sp³-hybridized carbons (Fsp3) is 0.324. The van der Waals surface area contributed by atoms with Crippen LogP contribution in [0.5, 0.6) is 5.75 Å². The lowest BCUT2D eigenvalue weighted by molar-refractivity contribution is 0.0595. The number of carbonyl (C=O) groups is 2. The van der Waals surface area contributed by atoms with E-state index in [0.717, 1.165) is 66.4 Å². The topological polar surface area (TPSA) is 89.6 Å². The standard InChI is InChI=1S/C37H38Cl2N4O4/c1-20-16-27(17-21(2)33(20)39)47-15-7-8-28-29-13-14-30(38)32(31-23(4)40-41(6)24(31)5)34(29)43-18-22(3)42(36(44)35(28)43)19-25-9-11-26(12-10-25)37(45)46/h9-14,16-17,22H,7-8,15,18-19H2,1-6H3,(H,45,46). The van der Waals surface area contributed by atoms with E-state index in [2.05, 4.69) is 9.67 Å². The molecule has 0 radical (unpaired) electrons. The van der Waals surface area contributed by atoms with Crippen molar-refractivity contribution in [1.82, 2.24) is 19.2 Å². The van der Waals surface area contributed by atoms with Crippen molar-refractivity contribution in [3.05, 3.63) is 103 Å². The summed E-state index contributed by atoms with van der Waals surface area (Å²) in [4.78, 5) is 27.8. The van der Waals surface area contributed by atoms with Crippen molar-refractivity contribution in [3.63, 3.8) is 0 Å². The molecule has 10 heteroatoms. The molecule has 1 unspecified atom stereocenters. The minimum atomic E-state index is -0.980. The third kappa shape index (κ3) is 5.89. The third-order valence-electron chi connectivity index (χ3n) is 9.28. The molecule has 0 aliphatic carbocycles. The quantitative estimate of drug-likeness (QED) is 0.159. The number of ether oxygens (including phenoxy) is 1. The number of nitrogens with zero attached hydrogens (tertiary/aromatic N) is 4. The van der Waals surface area contributed by atoms with Gasteiger partial charge in [-0.25, -0.2) is 4.79 Å². The van der Waals surface area contributed by atoms with Gasteiger partial charge < -0.3 is 19.3 Å². The van der Waals surface area contributed by atoms with Crippen LogP contribution < -0.4 is 4.74 Å². The first-order valence-electron chi connectivity index (χ1n) is 15.7. The average molecular weight is 674 g/mol. The van der Waals surface area contributed by atoms with Crippen LogP contribution in [0.15, 0.2) is 48.5 Å². The highest BCUT2D eigenvalue weighted by Gasteiger charge is 2.36. The van der Waals surface area contributed by atoms with E-state index in [1.165, 1.54) is 0 Å². The molecule has 6 rings (SSSR count). The molecule has 1 aliphatic rings. The van der Waals surface area contributed by atoms with Gasteiger partial charge in [0.1, 0.15) is 11.4 Å². The Morgan fingerprint density at radius 1 is 1.02 bits per heavy atom. The number of aryl methyl sites for hydroxylation is 5. The van der Waals surface area contributed by atoms with E-state index < -0.39 is 5.97 Å². The highest BCUT2D eigenvalue weighted by molar-refractivity contribution is 6.35. The van der Waals surface area contributed by atoms with E-state index in [9.17, 15) is 14.7 Å². The Bertz CT molecular complexity index is 2020. The van der Waals surface area contributed by atoms with Crippen LogP contribution in [0.1, 0.15) is 67.8 Å². The van der Waals surface area contributed by atoms with E-state index in [1.807, 2.05) is 75.5 Å². The van der Waals surface area contributed by atoms with Crippen LogP contribution in [0.3, 0.4) is 0 Å². The normalized spacial score (nSPS) is 14.6. The molecule has 47 heavy (non-hydrogen) atoms. The fourth-order valence-corrected chi connectivity index (χ4v) is 7.21. The number of rotatable bonds is 9. The smallest absolute Gasteiger partial charge is 0.335 e. The SMILES string of the molecule is Cc1cc(OCCCc2c3n(c4c(-c5c(C)nn(C)c5C)c(Cl)ccc24)CC(C)N(Cc2ccc(C(=O)O)cc2)C3=O)cc(C)c1Cl. The summed E-state index contributed by atoms with van der Waals surface area (Å²) in [6, 6.07) is 14.4. The van der Waals surface area contributed by atoms with Gasteiger partial charge in [0.05, 0.1) is 28.4 Å². The number of carbonyl (C=O) groups excluding carboxylic acids is 1. The second-order valence-electron chi connectivity index (χ2n) is 12.5. The molecule has 0 fully saturated rings. The Morgan fingerprint density at radius 3 is 2.32 bits per heavy atom. The molecular formula is C37H38Cl2N4O4. The molecule has 1 N–H and O–H groups in total. The molecular weight excluding hydrogens is 635 g/mol. The summed E-state index contributed by atoms with van der Waals surface area (Å²) in [7, 11) is 1.93. The van der Waals surface area contributed by atoms with Crippen molar-refractivity contribution >= 4 is 46.0 Å². The number of fused-ring (bicyclic) bond motifs is 3. The van der Waals surface area contributed by atoms with Crippen molar-refractivity contribution < 1.29 is 19.4 Å². The number of hydrogen-bond acceptors (Lipinski definition) is 4. The first-order chi connectivity index (χ1) is 22.4. The molecule has 0 saturated carbocycles. The number of amides is 1. The Morgan fingerprint density at radius 2 is 1.70 bits per heavy atom. The van der Waals surface area contributed by atoms with Crippen LogP contribution in [0, 0.1) is 27.7 Å². The zero-order chi connectivity index (χ0) is 33.7. The summed E-state index contributed by atoms with van der Waals surface area (Å²) in [5.41, 5.74) is 9.32.